The zero-order valence-corrected chi connectivity index (χ0v) is 14.9. The summed E-state index contributed by atoms with van der Waals surface area (Å²) in [5.41, 5.74) is 3.50. The van der Waals surface area contributed by atoms with Crippen molar-refractivity contribution in [1.82, 2.24) is 0 Å². The maximum absolute atomic E-state index is 12.4. The van der Waals surface area contributed by atoms with Crippen LogP contribution in [0.5, 0.6) is 0 Å². The number of aryl methyl sites for hydroxylation is 1. The number of nitrogens with zero attached hydrogens (tertiary/aromatic N) is 1. The average molecular weight is 363 g/mol. The second-order valence-electron chi connectivity index (χ2n) is 5.82. The number of rotatable bonds is 5. The first-order chi connectivity index (χ1) is 12.5. The molecule has 3 aromatic rings. The lowest BCUT2D eigenvalue weighted by atomic mass is 10.2. The molecule has 2 N–H and O–H groups in total. The highest BCUT2D eigenvalue weighted by atomic mass is 32.2. The molecule has 0 heterocycles. The fourth-order valence-electron chi connectivity index (χ4n) is 2.45. The first-order valence-corrected chi connectivity index (χ1v) is 9.41. The first-order valence-electron chi connectivity index (χ1n) is 7.93. The van der Waals surface area contributed by atoms with Crippen LogP contribution in [-0.2, 0) is 10.0 Å². The minimum atomic E-state index is -3.62. The zero-order valence-electron chi connectivity index (χ0n) is 14.1. The van der Waals surface area contributed by atoms with E-state index in [1.54, 1.807) is 60.7 Å². The lowest BCUT2D eigenvalue weighted by Crippen LogP contribution is -2.13. The van der Waals surface area contributed by atoms with E-state index in [1.165, 1.54) is 0 Å². The summed E-state index contributed by atoms with van der Waals surface area (Å²) in [4.78, 5) is 0.230. The standard InChI is InChI=1S/C20H17N3O2S/c1-15-4-2-7-20(12-15)26(24,25)23-18-10-8-17(9-11-18)22-19-6-3-5-16(13-19)14-21/h2-13,22-23H,1H3. The van der Waals surface area contributed by atoms with Gasteiger partial charge in [0, 0.05) is 17.1 Å². The van der Waals surface area contributed by atoms with Gasteiger partial charge in [-0.3, -0.25) is 4.72 Å². The van der Waals surface area contributed by atoms with Crippen LogP contribution in [0.1, 0.15) is 11.1 Å². The summed E-state index contributed by atoms with van der Waals surface area (Å²) in [6, 6.07) is 22.9. The summed E-state index contributed by atoms with van der Waals surface area (Å²) in [5, 5.41) is 12.1. The Morgan fingerprint density at radius 2 is 1.54 bits per heavy atom. The molecule has 0 radical (unpaired) electrons. The Hall–Kier alpha value is -3.30. The maximum Gasteiger partial charge on any atom is 0.261 e. The SMILES string of the molecule is Cc1cccc(S(=O)(=O)Nc2ccc(Nc3cccc(C#N)c3)cc2)c1. The van der Waals surface area contributed by atoms with Crippen molar-refractivity contribution in [2.24, 2.45) is 0 Å². The number of hydrogen-bond acceptors (Lipinski definition) is 4. The van der Waals surface area contributed by atoms with E-state index >= 15 is 0 Å². The van der Waals surface area contributed by atoms with E-state index in [-0.39, 0.29) is 4.90 Å². The fraction of sp³-hybridized carbons (Fsp3) is 0.0500. The van der Waals surface area contributed by atoms with Gasteiger partial charge in [0.25, 0.3) is 10.0 Å². The van der Waals surface area contributed by atoms with Crippen LogP contribution in [0.4, 0.5) is 17.1 Å². The van der Waals surface area contributed by atoms with E-state index in [0.717, 1.165) is 16.9 Å². The number of benzene rings is 3. The lowest BCUT2D eigenvalue weighted by molar-refractivity contribution is 0.601. The highest BCUT2D eigenvalue weighted by molar-refractivity contribution is 7.92. The molecule has 0 atom stereocenters. The molecule has 6 heteroatoms. The third-order valence-electron chi connectivity index (χ3n) is 3.72. The van der Waals surface area contributed by atoms with Gasteiger partial charge >= 0.3 is 0 Å². The molecule has 3 rings (SSSR count). The van der Waals surface area contributed by atoms with Crippen molar-refractivity contribution in [3.8, 4) is 6.07 Å². The predicted octanol–water partition coefficient (Wildman–Crippen LogP) is 4.41. The monoisotopic (exact) mass is 363 g/mol. The minimum absolute atomic E-state index is 0.230. The second-order valence-corrected chi connectivity index (χ2v) is 7.50. The summed E-state index contributed by atoms with van der Waals surface area (Å²) >= 11 is 0. The van der Waals surface area contributed by atoms with Gasteiger partial charge in [0.15, 0.2) is 0 Å². The van der Waals surface area contributed by atoms with Crippen molar-refractivity contribution in [2.45, 2.75) is 11.8 Å². The molecule has 0 saturated heterocycles. The second kappa shape index (κ2) is 7.30. The van der Waals surface area contributed by atoms with Crippen LogP contribution in [0, 0.1) is 18.3 Å². The molecular weight excluding hydrogens is 346 g/mol. The molecule has 0 aliphatic rings. The molecule has 3 aromatic carbocycles. The number of sulfonamides is 1. The molecule has 0 aliphatic heterocycles. The Bertz CT molecular complexity index is 1070. The van der Waals surface area contributed by atoms with Crippen molar-refractivity contribution in [2.75, 3.05) is 10.0 Å². The smallest absolute Gasteiger partial charge is 0.261 e. The summed E-state index contributed by atoms with van der Waals surface area (Å²) in [7, 11) is -3.62. The molecule has 0 unspecified atom stereocenters. The van der Waals surface area contributed by atoms with Crippen molar-refractivity contribution >= 4 is 27.1 Å². The van der Waals surface area contributed by atoms with Gasteiger partial charge in [-0.1, -0.05) is 18.2 Å². The first kappa shape index (κ1) is 17.5. The number of anilines is 3. The van der Waals surface area contributed by atoms with Gasteiger partial charge in [-0.05, 0) is 67.1 Å². The highest BCUT2D eigenvalue weighted by Gasteiger charge is 2.14. The molecule has 5 nitrogen and oxygen atoms in total. The molecule has 26 heavy (non-hydrogen) atoms. The minimum Gasteiger partial charge on any atom is -0.355 e. The van der Waals surface area contributed by atoms with Gasteiger partial charge in [0.2, 0.25) is 0 Å². The van der Waals surface area contributed by atoms with Gasteiger partial charge in [-0.25, -0.2) is 8.42 Å². The fourth-order valence-corrected chi connectivity index (χ4v) is 3.61. The van der Waals surface area contributed by atoms with Gasteiger partial charge < -0.3 is 5.32 Å². The molecule has 130 valence electrons. The molecule has 0 aliphatic carbocycles. The molecule has 0 spiro atoms. The zero-order chi connectivity index (χ0) is 18.6. The van der Waals surface area contributed by atoms with E-state index in [0.29, 0.717) is 11.3 Å². The Kier molecular flexibility index (Phi) is 4.92. The van der Waals surface area contributed by atoms with Gasteiger partial charge in [0.1, 0.15) is 0 Å². The summed E-state index contributed by atoms with van der Waals surface area (Å²) in [5.74, 6) is 0. The van der Waals surface area contributed by atoms with Crippen molar-refractivity contribution in [1.29, 1.82) is 5.26 Å². The van der Waals surface area contributed by atoms with E-state index in [4.69, 9.17) is 5.26 Å². The summed E-state index contributed by atoms with van der Waals surface area (Å²) in [6.45, 7) is 1.85. The lowest BCUT2D eigenvalue weighted by Gasteiger charge is -2.10. The highest BCUT2D eigenvalue weighted by Crippen LogP contribution is 2.22. The summed E-state index contributed by atoms with van der Waals surface area (Å²) < 4.78 is 27.5. The topological polar surface area (TPSA) is 82.0 Å². The van der Waals surface area contributed by atoms with Crippen LogP contribution in [0.2, 0.25) is 0 Å². The van der Waals surface area contributed by atoms with E-state index in [1.807, 2.05) is 19.1 Å². The quantitative estimate of drug-likeness (QED) is 0.703. The largest absolute Gasteiger partial charge is 0.355 e. The van der Waals surface area contributed by atoms with Crippen LogP contribution in [-0.4, -0.2) is 8.42 Å². The number of nitriles is 1. The van der Waals surface area contributed by atoms with Crippen LogP contribution in [0.25, 0.3) is 0 Å². The summed E-state index contributed by atoms with van der Waals surface area (Å²) in [6.07, 6.45) is 0. The van der Waals surface area contributed by atoms with Crippen LogP contribution < -0.4 is 10.0 Å². The van der Waals surface area contributed by atoms with Crippen molar-refractivity contribution < 1.29 is 8.42 Å². The molecule has 0 fully saturated rings. The van der Waals surface area contributed by atoms with Crippen LogP contribution in [0.3, 0.4) is 0 Å². The Balaban J connectivity index is 1.74. The van der Waals surface area contributed by atoms with E-state index in [2.05, 4.69) is 16.1 Å². The molecule has 0 saturated carbocycles. The predicted molar refractivity (Wildman–Crippen MR) is 103 cm³/mol. The molecule has 0 bridgehead atoms. The normalized spacial score (nSPS) is 10.8. The number of hydrogen-bond donors (Lipinski definition) is 2. The molecule has 0 amide bonds. The van der Waals surface area contributed by atoms with E-state index in [9.17, 15) is 8.42 Å². The Morgan fingerprint density at radius 1 is 0.846 bits per heavy atom. The van der Waals surface area contributed by atoms with Gasteiger partial charge in [0.05, 0.1) is 16.5 Å². The van der Waals surface area contributed by atoms with Gasteiger partial charge in [-0.2, -0.15) is 5.26 Å². The average Bonchev–Trinajstić information content (AvgIpc) is 2.63. The van der Waals surface area contributed by atoms with Crippen LogP contribution in [0.15, 0.2) is 77.7 Å². The Morgan fingerprint density at radius 3 is 2.23 bits per heavy atom. The Labute approximate surface area is 153 Å². The van der Waals surface area contributed by atoms with Crippen LogP contribution >= 0.6 is 0 Å². The van der Waals surface area contributed by atoms with Crippen molar-refractivity contribution in [3.63, 3.8) is 0 Å². The van der Waals surface area contributed by atoms with E-state index < -0.39 is 10.0 Å². The van der Waals surface area contributed by atoms with Crippen molar-refractivity contribution in [3.05, 3.63) is 83.9 Å². The maximum atomic E-state index is 12.4. The molecule has 0 aromatic heterocycles. The third kappa shape index (κ3) is 4.21. The molecular formula is C20H17N3O2S. The van der Waals surface area contributed by atoms with Gasteiger partial charge in [-0.15, -0.1) is 0 Å². The third-order valence-corrected chi connectivity index (χ3v) is 5.10. The number of nitrogens with one attached hydrogen (secondary N) is 2.